The van der Waals surface area contributed by atoms with E-state index in [4.69, 9.17) is 0 Å². The summed E-state index contributed by atoms with van der Waals surface area (Å²) < 4.78 is 0.875. The Kier molecular flexibility index (Phi) is 9.90. The van der Waals surface area contributed by atoms with Crippen molar-refractivity contribution in [3.63, 3.8) is 0 Å². The Labute approximate surface area is 211 Å². The number of unbranched alkanes of at least 4 members (excludes halogenated alkanes) is 2. The Hall–Kier alpha value is -2.44. The van der Waals surface area contributed by atoms with Gasteiger partial charge < -0.3 is 14.9 Å². The number of aliphatic hydroxyl groups is 1. The van der Waals surface area contributed by atoms with Gasteiger partial charge in [-0.05, 0) is 56.6 Å². The Morgan fingerprint density at radius 3 is 2.09 bits per heavy atom. The number of hydrogen-bond donors (Lipinski definition) is 1. The van der Waals surface area contributed by atoms with Gasteiger partial charge in [0.1, 0.15) is 5.76 Å². The normalized spacial score (nSPS) is 17.6. The molecule has 0 aliphatic carbocycles. The second-order valence-corrected chi connectivity index (χ2v) is 9.73. The van der Waals surface area contributed by atoms with Crippen LogP contribution in [-0.2, 0) is 9.59 Å². The van der Waals surface area contributed by atoms with Crippen molar-refractivity contribution in [2.75, 3.05) is 26.2 Å². The first-order valence-electron chi connectivity index (χ1n) is 12.3. The second-order valence-electron chi connectivity index (χ2n) is 8.81. The Balaban J connectivity index is 1.87. The van der Waals surface area contributed by atoms with Crippen LogP contribution in [0, 0.1) is 0 Å². The minimum absolute atomic E-state index is 0.130. The lowest BCUT2D eigenvalue weighted by Gasteiger charge is -2.27. The number of amides is 1. The van der Waals surface area contributed by atoms with E-state index in [1.807, 2.05) is 42.5 Å². The molecule has 0 bridgehead atoms. The number of nitrogens with zero attached hydrogens (tertiary/aromatic N) is 2. The number of Topliss-reactive ketones (excluding diaryl/α,β-unsaturated/α-hetero) is 1. The van der Waals surface area contributed by atoms with Gasteiger partial charge in [0.05, 0.1) is 11.6 Å². The molecule has 1 aliphatic rings. The number of carbonyl (C=O) groups is 2. The fourth-order valence-electron chi connectivity index (χ4n) is 4.42. The molecule has 0 spiro atoms. The van der Waals surface area contributed by atoms with Gasteiger partial charge in [-0.2, -0.15) is 0 Å². The van der Waals surface area contributed by atoms with Crippen molar-refractivity contribution in [2.45, 2.75) is 52.0 Å². The molecule has 1 atom stereocenters. The molecule has 1 heterocycles. The average Bonchev–Trinajstić information content (AvgIpc) is 3.11. The number of aliphatic hydroxyl groups excluding tert-OH is 1. The van der Waals surface area contributed by atoms with E-state index >= 15 is 0 Å². The summed E-state index contributed by atoms with van der Waals surface area (Å²) in [6.45, 7) is 7.86. The van der Waals surface area contributed by atoms with E-state index in [9.17, 15) is 14.7 Å². The van der Waals surface area contributed by atoms with Crippen LogP contribution in [-0.4, -0.2) is 52.8 Å². The van der Waals surface area contributed by atoms with Gasteiger partial charge in [-0.15, -0.1) is 0 Å². The second kappa shape index (κ2) is 12.9. The molecule has 3 rings (SSSR count). The molecule has 1 amide bonds. The van der Waals surface area contributed by atoms with Crippen molar-refractivity contribution in [1.82, 2.24) is 9.80 Å². The fraction of sp³-hybridized carbons (Fsp3) is 0.429. The maximum absolute atomic E-state index is 13.1. The smallest absolute Gasteiger partial charge is 0.295 e. The van der Waals surface area contributed by atoms with Crippen LogP contribution in [0.25, 0.3) is 5.76 Å². The fourth-order valence-corrected chi connectivity index (χ4v) is 4.68. The van der Waals surface area contributed by atoms with Crippen LogP contribution in [0.1, 0.15) is 63.1 Å². The molecule has 2 aromatic carbocycles. The maximum Gasteiger partial charge on any atom is 0.295 e. The largest absolute Gasteiger partial charge is 0.507 e. The van der Waals surface area contributed by atoms with Crippen molar-refractivity contribution in [3.8, 4) is 0 Å². The van der Waals surface area contributed by atoms with Crippen LogP contribution in [0.15, 0.2) is 64.6 Å². The molecule has 182 valence electrons. The van der Waals surface area contributed by atoms with Gasteiger partial charge >= 0.3 is 0 Å². The van der Waals surface area contributed by atoms with E-state index in [1.54, 1.807) is 17.0 Å². The number of rotatable bonds is 12. The van der Waals surface area contributed by atoms with Crippen molar-refractivity contribution in [3.05, 3.63) is 75.8 Å². The third-order valence-corrected chi connectivity index (χ3v) is 6.83. The molecule has 2 aromatic rings. The standard InChI is InChI=1S/C28H35BrN2O3/c1-3-5-17-30(18-6-4-2)19-10-20-31-25(21-11-8-7-9-12-21)24(27(33)28(31)34)26(32)22-13-15-23(29)16-14-22/h7-9,11-16,25,32H,3-6,10,17-20H2,1-2H3/b26-24-. The summed E-state index contributed by atoms with van der Waals surface area (Å²) in [5, 5.41) is 11.1. The minimum Gasteiger partial charge on any atom is -0.507 e. The zero-order chi connectivity index (χ0) is 24.5. The number of benzene rings is 2. The van der Waals surface area contributed by atoms with Crippen LogP contribution in [0.4, 0.5) is 0 Å². The van der Waals surface area contributed by atoms with Gasteiger partial charge in [-0.25, -0.2) is 0 Å². The summed E-state index contributed by atoms with van der Waals surface area (Å²) in [4.78, 5) is 30.4. The van der Waals surface area contributed by atoms with Gasteiger partial charge in [0, 0.05) is 16.6 Å². The highest BCUT2D eigenvalue weighted by Crippen LogP contribution is 2.39. The van der Waals surface area contributed by atoms with E-state index in [-0.39, 0.29) is 11.3 Å². The first-order chi connectivity index (χ1) is 16.5. The van der Waals surface area contributed by atoms with Crippen LogP contribution in [0.5, 0.6) is 0 Å². The summed E-state index contributed by atoms with van der Waals surface area (Å²) in [7, 11) is 0. The van der Waals surface area contributed by atoms with Gasteiger partial charge in [0.25, 0.3) is 11.7 Å². The average molecular weight is 528 g/mol. The number of carbonyl (C=O) groups excluding carboxylic acids is 2. The molecule has 1 N–H and O–H groups in total. The predicted octanol–water partition coefficient (Wildman–Crippen LogP) is 6.16. The Bertz CT molecular complexity index is 980. The third-order valence-electron chi connectivity index (χ3n) is 6.30. The van der Waals surface area contributed by atoms with E-state index < -0.39 is 17.7 Å². The van der Waals surface area contributed by atoms with Crippen LogP contribution in [0.2, 0.25) is 0 Å². The van der Waals surface area contributed by atoms with Gasteiger partial charge in [-0.1, -0.05) is 85.1 Å². The first-order valence-corrected chi connectivity index (χ1v) is 13.1. The number of likely N-dealkylation sites (tertiary alicyclic amines) is 1. The molecule has 1 fully saturated rings. The molecule has 1 saturated heterocycles. The highest BCUT2D eigenvalue weighted by atomic mass is 79.9. The SMILES string of the molecule is CCCCN(CCCC)CCCN1C(=O)C(=O)/C(=C(\O)c2ccc(Br)cc2)C1c1ccccc1. The number of ketones is 1. The molecule has 0 radical (unpaired) electrons. The first kappa shape index (κ1) is 26.2. The molecule has 1 aliphatic heterocycles. The zero-order valence-electron chi connectivity index (χ0n) is 20.2. The molecular weight excluding hydrogens is 492 g/mol. The summed E-state index contributed by atoms with van der Waals surface area (Å²) in [6.07, 6.45) is 5.40. The molecule has 0 aromatic heterocycles. The summed E-state index contributed by atoms with van der Waals surface area (Å²) in [5.41, 5.74) is 1.51. The van der Waals surface area contributed by atoms with Crippen LogP contribution < -0.4 is 0 Å². The highest BCUT2D eigenvalue weighted by Gasteiger charge is 2.45. The third kappa shape index (κ3) is 6.36. The van der Waals surface area contributed by atoms with E-state index in [1.165, 1.54) is 0 Å². The van der Waals surface area contributed by atoms with Crippen LogP contribution in [0.3, 0.4) is 0 Å². The topological polar surface area (TPSA) is 60.9 Å². The van der Waals surface area contributed by atoms with Gasteiger partial charge in [-0.3, -0.25) is 9.59 Å². The van der Waals surface area contributed by atoms with Crippen LogP contribution >= 0.6 is 15.9 Å². The molecule has 1 unspecified atom stereocenters. The van der Waals surface area contributed by atoms with Gasteiger partial charge in [0.15, 0.2) is 0 Å². The predicted molar refractivity (Wildman–Crippen MR) is 140 cm³/mol. The quantitative estimate of drug-likeness (QED) is 0.204. The lowest BCUT2D eigenvalue weighted by molar-refractivity contribution is -0.140. The zero-order valence-corrected chi connectivity index (χ0v) is 21.8. The molecule has 6 heteroatoms. The van der Waals surface area contributed by atoms with Crippen molar-refractivity contribution in [1.29, 1.82) is 0 Å². The number of halogens is 1. The highest BCUT2D eigenvalue weighted by molar-refractivity contribution is 9.10. The lowest BCUT2D eigenvalue weighted by atomic mass is 9.95. The summed E-state index contributed by atoms with van der Waals surface area (Å²) >= 11 is 3.40. The minimum atomic E-state index is -0.622. The van der Waals surface area contributed by atoms with Crippen molar-refractivity contribution >= 4 is 33.4 Å². The Morgan fingerprint density at radius 2 is 1.50 bits per heavy atom. The molecule has 0 saturated carbocycles. The monoisotopic (exact) mass is 526 g/mol. The molecule has 34 heavy (non-hydrogen) atoms. The van der Waals surface area contributed by atoms with E-state index in [0.29, 0.717) is 12.1 Å². The van der Waals surface area contributed by atoms with E-state index in [0.717, 1.165) is 61.8 Å². The molecule has 5 nitrogen and oxygen atoms in total. The summed E-state index contributed by atoms with van der Waals surface area (Å²) in [5.74, 6) is -1.29. The number of hydrogen-bond acceptors (Lipinski definition) is 4. The van der Waals surface area contributed by atoms with E-state index in [2.05, 4.69) is 34.7 Å². The lowest BCUT2D eigenvalue weighted by Crippen LogP contribution is -2.34. The Morgan fingerprint density at radius 1 is 0.912 bits per heavy atom. The van der Waals surface area contributed by atoms with Crippen molar-refractivity contribution in [2.24, 2.45) is 0 Å². The summed E-state index contributed by atoms with van der Waals surface area (Å²) in [6, 6.07) is 16.0. The maximum atomic E-state index is 13.1. The van der Waals surface area contributed by atoms with Crippen molar-refractivity contribution < 1.29 is 14.7 Å². The molecular formula is C28H35BrN2O3. The van der Waals surface area contributed by atoms with Gasteiger partial charge in [0.2, 0.25) is 0 Å².